The number of hydrogen-bond donors (Lipinski definition) is 0. The van der Waals surface area contributed by atoms with E-state index in [9.17, 15) is 0 Å². The van der Waals surface area contributed by atoms with Gasteiger partial charge < -0.3 is 0 Å². The van der Waals surface area contributed by atoms with Gasteiger partial charge in [0.15, 0.2) is 17.1 Å². The molecule has 0 spiro atoms. The van der Waals surface area contributed by atoms with Gasteiger partial charge in [-0.1, -0.05) is 30.3 Å². The van der Waals surface area contributed by atoms with Crippen molar-refractivity contribution in [2.24, 2.45) is 0 Å². The summed E-state index contributed by atoms with van der Waals surface area (Å²) in [5.74, 6) is 0.807. The van der Waals surface area contributed by atoms with E-state index in [0.717, 1.165) is 17.0 Å². The molecule has 1 aromatic carbocycles. The van der Waals surface area contributed by atoms with Gasteiger partial charge in [0.1, 0.15) is 0 Å². The van der Waals surface area contributed by atoms with Crippen LogP contribution in [0.25, 0.3) is 22.7 Å². The first kappa shape index (κ1) is 9.47. The minimum absolute atomic E-state index is 0.637. The molecule has 0 amide bonds. The number of imidazole rings is 1. The molecule has 2 aromatic heterocycles. The third kappa shape index (κ3) is 1.40. The highest BCUT2D eigenvalue weighted by molar-refractivity contribution is 9.08. The van der Waals surface area contributed by atoms with Gasteiger partial charge in [0.25, 0.3) is 0 Å². The van der Waals surface area contributed by atoms with Gasteiger partial charge in [-0.25, -0.2) is 18.5 Å². The third-order valence-electron chi connectivity index (χ3n) is 2.28. The van der Waals surface area contributed by atoms with Crippen molar-refractivity contribution in [3.63, 3.8) is 0 Å². The van der Waals surface area contributed by atoms with Gasteiger partial charge in [0.05, 0.1) is 16.1 Å². The molecular formula is C11H7BrN4. The first-order valence-corrected chi connectivity index (χ1v) is 5.48. The van der Waals surface area contributed by atoms with Crippen molar-refractivity contribution >= 4 is 27.4 Å². The fourth-order valence-electron chi connectivity index (χ4n) is 1.55. The first-order chi connectivity index (χ1) is 7.86. The fourth-order valence-corrected chi connectivity index (χ4v) is 2.08. The molecule has 0 aliphatic rings. The predicted octanol–water partition coefficient (Wildman–Crippen LogP) is 2.65. The monoisotopic (exact) mass is 274 g/mol. The maximum atomic E-state index is 4.42. The maximum Gasteiger partial charge on any atom is 0.198 e. The van der Waals surface area contributed by atoms with Crippen LogP contribution in [0, 0.1) is 0 Å². The Hall–Kier alpha value is -1.75. The Bertz CT molecular complexity index is 633. The smallest absolute Gasteiger partial charge is 0.198 e. The number of nitrogens with zero attached hydrogens (tertiary/aromatic N) is 4. The standard InChI is InChI=1S/C11H7BrN4/c12-16-10(8-4-2-1-3-5-8)15-9-11(16)14-7-6-13-9/h1-7H. The molecule has 16 heavy (non-hydrogen) atoms. The van der Waals surface area contributed by atoms with Crippen molar-refractivity contribution in [2.75, 3.05) is 0 Å². The molecular weight excluding hydrogens is 268 g/mol. The summed E-state index contributed by atoms with van der Waals surface area (Å²) >= 11 is 3.44. The molecule has 0 aliphatic heterocycles. The van der Waals surface area contributed by atoms with E-state index in [1.807, 2.05) is 30.3 Å². The van der Waals surface area contributed by atoms with Crippen LogP contribution in [0.4, 0.5) is 0 Å². The van der Waals surface area contributed by atoms with Crippen LogP contribution in [0.2, 0.25) is 0 Å². The Balaban J connectivity index is 2.29. The number of fused-ring (bicyclic) bond motifs is 1. The number of rotatable bonds is 1. The van der Waals surface area contributed by atoms with Crippen LogP contribution < -0.4 is 0 Å². The highest BCUT2D eigenvalue weighted by atomic mass is 79.9. The van der Waals surface area contributed by atoms with Crippen LogP contribution in [0.1, 0.15) is 0 Å². The lowest BCUT2D eigenvalue weighted by Gasteiger charge is -1.98. The Morgan fingerprint density at radius 2 is 1.75 bits per heavy atom. The summed E-state index contributed by atoms with van der Waals surface area (Å²) in [5, 5.41) is 0. The summed E-state index contributed by atoms with van der Waals surface area (Å²) in [6, 6.07) is 9.92. The van der Waals surface area contributed by atoms with E-state index in [4.69, 9.17) is 0 Å². The zero-order chi connectivity index (χ0) is 11.0. The highest BCUT2D eigenvalue weighted by Gasteiger charge is 2.11. The quantitative estimate of drug-likeness (QED) is 0.685. The van der Waals surface area contributed by atoms with E-state index in [-0.39, 0.29) is 0 Å². The second-order valence-electron chi connectivity index (χ2n) is 3.29. The van der Waals surface area contributed by atoms with Crippen LogP contribution in [0.3, 0.4) is 0 Å². The number of hydrogen-bond acceptors (Lipinski definition) is 3. The zero-order valence-corrected chi connectivity index (χ0v) is 9.79. The zero-order valence-electron chi connectivity index (χ0n) is 8.21. The Kier molecular flexibility index (Phi) is 2.18. The van der Waals surface area contributed by atoms with Gasteiger partial charge in [0, 0.05) is 18.0 Å². The normalized spacial score (nSPS) is 10.8. The molecule has 5 heteroatoms. The molecule has 0 atom stereocenters. The largest absolute Gasteiger partial charge is 0.240 e. The van der Waals surface area contributed by atoms with Gasteiger partial charge >= 0.3 is 0 Å². The van der Waals surface area contributed by atoms with E-state index in [1.54, 1.807) is 16.0 Å². The summed E-state index contributed by atoms with van der Waals surface area (Å²) in [5.41, 5.74) is 2.39. The minimum Gasteiger partial charge on any atom is -0.240 e. The minimum atomic E-state index is 0.637. The maximum absolute atomic E-state index is 4.42. The Morgan fingerprint density at radius 3 is 2.50 bits per heavy atom. The lowest BCUT2D eigenvalue weighted by molar-refractivity contribution is 1.24. The summed E-state index contributed by atoms with van der Waals surface area (Å²) in [6.07, 6.45) is 3.29. The van der Waals surface area contributed by atoms with Gasteiger partial charge in [-0.15, -0.1) is 0 Å². The molecule has 4 nitrogen and oxygen atoms in total. The third-order valence-corrected chi connectivity index (χ3v) is 2.95. The number of benzene rings is 1. The van der Waals surface area contributed by atoms with E-state index in [1.165, 1.54) is 0 Å². The van der Waals surface area contributed by atoms with Crippen LogP contribution in [0.15, 0.2) is 42.7 Å². The highest BCUT2D eigenvalue weighted by Crippen LogP contribution is 2.23. The molecule has 3 rings (SSSR count). The Labute approximate surface area is 100 Å². The lowest BCUT2D eigenvalue weighted by Crippen LogP contribution is -1.86. The Morgan fingerprint density at radius 1 is 1.00 bits per heavy atom. The van der Waals surface area contributed by atoms with Crippen LogP contribution in [-0.4, -0.2) is 18.5 Å². The van der Waals surface area contributed by atoms with Gasteiger partial charge in [-0.2, -0.15) is 0 Å². The molecule has 2 heterocycles. The van der Waals surface area contributed by atoms with E-state index in [2.05, 4.69) is 31.1 Å². The predicted molar refractivity (Wildman–Crippen MR) is 65.1 cm³/mol. The average Bonchev–Trinajstić information content (AvgIpc) is 2.69. The van der Waals surface area contributed by atoms with E-state index in [0.29, 0.717) is 5.65 Å². The van der Waals surface area contributed by atoms with Crippen LogP contribution in [0.5, 0.6) is 0 Å². The molecule has 0 bridgehead atoms. The van der Waals surface area contributed by atoms with Crippen molar-refractivity contribution in [2.45, 2.75) is 0 Å². The number of aromatic nitrogens is 4. The SMILES string of the molecule is Brn1c(-c2ccccc2)nc2nccnc21. The molecule has 0 unspecified atom stereocenters. The summed E-state index contributed by atoms with van der Waals surface area (Å²) in [4.78, 5) is 12.8. The summed E-state index contributed by atoms with van der Waals surface area (Å²) in [7, 11) is 0. The topological polar surface area (TPSA) is 43.6 Å². The van der Waals surface area contributed by atoms with Crippen LogP contribution >= 0.6 is 16.1 Å². The van der Waals surface area contributed by atoms with E-state index < -0.39 is 0 Å². The average molecular weight is 275 g/mol. The van der Waals surface area contributed by atoms with Crippen molar-refractivity contribution < 1.29 is 0 Å². The molecule has 0 fully saturated rings. The number of halogens is 1. The van der Waals surface area contributed by atoms with Gasteiger partial charge in [-0.05, 0) is 0 Å². The van der Waals surface area contributed by atoms with Crippen molar-refractivity contribution in [3.8, 4) is 11.4 Å². The van der Waals surface area contributed by atoms with Gasteiger partial charge in [-0.3, -0.25) is 0 Å². The van der Waals surface area contributed by atoms with Crippen molar-refractivity contribution in [1.29, 1.82) is 0 Å². The summed E-state index contributed by atoms with van der Waals surface area (Å²) in [6.45, 7) is 0. The van der Waals surface area contributed by atoms with Crippen molar-refractivity contribution in [3.05, 3.63) is 42.7 Å². The molecule has 0 saturated carbocycles. The molecule has 0 radical (unpaired) electrons. The molecule has 0 aliphatic carbocycles. The molecule has 0 saturated heterocycles. The molecule has 3 aromatic rings. The molecule has 0 N–H and O–H groups in total. The first-order valence-electron chi connectivity index (χ1n) is 4.77. The second kappa shape index (κ2) is 3.68. The van der Waals surface area contributed by atoms with Crippen LogP contribution in [-0.2, 0) is 0 Å². The lowest BCUT2D eigenvalue weighted by atomic mass is 10.2. The van der Waals surface area contributed by atoms with E-state index >= 15 is 0 Å². The fraction of sp³-hybridized carbons (Fsp3) is 0. The summed E-state index contributed by atoms with van der Waals surface area (Å²) < 4.78 is 1.77. The second-order valence-corrected chi connectivity index (χ2v) is 4.00. The molecule has 78 valence electrons. The van der Waals surface area contributed by atoms with Crippen molar-refractivity contribution in [1.82, 2.24) is 18.5 Å². The van der Waals surface area contributed by atoms with Gasteiger partial charge in [0.2, 0.25) is 0 Å².